The highest BCUT2D eigenvalue weighted by Crippen LogP contribution is 2.26. The number of rotatable bonds is 1. The summed E-state index contributed by atoms with van der Waals surface area (Å²) in [6.45, 7) is 1.96. The minimum atomic E-state index is -0.329. The molecule has 3 rings (SSSR count). The van der Waals surface area contributed by atoms with Gasteiger partial charge in [0, 0.05) is 22.0 Å². The van der Waals surface area contributed by atoms with E-state index in [0.29, 0.717) is 5.56 Å². The average molecular weight is 240 g/mol. The van der Waals surface area contributed by atoms with E-state index in [1.54, 1.807) is 12.1 Å². The van der Waals surface area contributed by atoms with Crippen molar-refractivity contribution >= 4 is 27.8 Å². The maximum atomic E-state index is 11.5. The minimum Gasteiger partial charge on any atom is -0.465 e. The third kappa shape index (κ3) is 1.54. The predicted molar refractivity (Wildman–Crippen MR) is 69.7 cm³/mol. The van der Waals surface area contributed by atoms with Crippen LogP contribution < -0.4 is 0 Å². The molecule has 0 aliphatic rings. The van der Waals surface area contributed by atoms with Gasteiger partial charge in [0.15, 0.2) is 0 Å². The fraction of sp³-hybridized carbons (Fsp3) is 0.143. The van der Waals surface area contributed by atoms with Crippen LogP contribution in [0, 0.1) is 6.92 Å². The summed E-state index contributed by atoms with van der Waals surface area (Å²) >= 11 is 0. The van der Waals surface area contributed by atoms with Crippen LogP contribution in [0.15, 0.2) is 30.5 Å². The topological polar surface area (TPSA) is 55.0 Å². The standard InChI is InChI=1S/C14H12N2O2/c1-8-5-11-10-4-3-9(14(17)18-2)6-12(10)16-13(11)7-15-8/h3-7,16H,1-2H3. The van der Waals surface area contributed by atoms with Crippen molar-refractivity contribution in [1.82, 2.24) is 9.97 Å². The van der Waals surface area contributed by atoms with Crippen molar-refractivity contribution in [2.45, 2.75) is 6.92 Å². The van der Waals surface area contributed by atoms with Crippen LogP contribution in [0.25, 0.3) is 21.8 Å². The molecule has 0 atom stereocenters. The zero-order valence-corrected chi connectivity index (χ0v) is 10.2. The molecule has 0 radical (unpaired) electrons. The van der Waals surface area contributed by atoms with E-state index < -0.39 is 0 Å². The lowest BCUT2D eigenvalue weighted by atomic mass is 10.1. The van der Waals surface area contributed by atoms with Crippen LogP contribution in [-0.4, -0.2) is 23.0 Å². The third-order valence-electron chi connectivity index (χ3n) is 3.04. The maximum Gasteiger partial charge on any atom is 0.337 e. The minimum absolute atomic E-state index is 0.329. The van der Waals surface area contributed by atoms with Crippen molar-refractivity contribution < 1.29 is 9.53 Å². The SMILES string of the molecule is COC(=O)c1ccc2c(c1)[nH]c1cnc(C)cc12. The van der Waals surface area contributed by atoms with Gasteiger partial charge in [0.25, 0.3) is 0 Å². The van der Waals surface area contributed by atoms with Crippen molar-refractivity contribution in [1.29, 1.82) is 0 Å². The molecular weight excluding hydrogens is 228 g/mol. The monoisotopic (exact) mass is 240 g/mol. The third-order valence-corrected chi connectivity index (χ3v) is 3.04. The quantitative estimate of drug-likeness (QED) is 0.665. The van der Waals surface area contributed by atoms with Crippen molar-refractivity contribution in [3.05, 3.63) is 41.7 Å². The first kappa shape index (κ1) is 10.8. The number of nitrogens with one attached hydrogen (secondary N) is 1. The van der Waals surface area contributed by atoms with Gasteiger partial charge >= 0.3 is 5.97 Å². The molecule has 0 fully saturated rings. The summed E-state index contributed by atoms with van der Waals surface area (Å²) in [4.78, 5) is 19.0. The van der Waals surface area contributed by atoms with Gasteiger partial charge in [-0.1, -0.05) is 6.07 Å². The van der Waals surface area contributed by atoms with Gasteiger partial charge in [0.2, 0.25) is 0 Å². The van der Waals surface area contributed by atoms with Crippen LogP contribution in [0.5, 0.6) is 0 Å². The number of esters is 1. The highest BCUT2D eigenvalue weighted by Gasteiger charge is 2.09. The molecule has 0 amide bonds. The van der Waals surface area contributed by atoms with Crippen LogP contribution >= 0.6 is 0 Å². The van der Waals surface area contributed by atoms with Gasteiger partial charge in [-0.2, -0.15) is 0 Å². The van der Waals surface area contributed by atoms with E-state index in [1.165, 1.54) is 7.11 Å². The number of aromatic nitrogens is 2. The van der Waals surface area contributed by atoms with Crippen molar-refractivity contribution in [3.63, 3.8) is 0 Å². The van der Waals surface area contributed by atoms with Gasteiger partial charge < -0.3 is 9.72 Å². The molecular formula is C14H12N2O2. The Hall–Kier alpha value is -2.36. The van der Waals surface area contributed by atoms with Gasteiger partial charge in [-0.15, -0.1) is 0 Å². The lowest BCUT2D eigenvalue weighted by molar-refractivity contribution is 0.0601. The van der Waals surface area contributed by atoms with Gasteiger partial charge in [-0.05, 0) is 25.1 Å². The Kier molecular flexibility index (Phi) is 2.30. The predicted octanol–water partition coefficient (Wildman–Crippen LogP) is 2.81. The molecule has 1 aromatic carbocycles. The number of pyridine rings is 1. The van der Waals surface area contributed by atoms with Gasteiger partial charge in [-0.25, -0.2) is 4.79 Å². The van der Waals surface area contributed by atoms with Gasteiger partial charge in [0.05, 0.1) is 24.4 Å². The lowest BCUT2D eigenvalue weighted by Gasteiger charge is -1.98. The molecule has 0 saturated heterocycles. The fourth-order valence-corrected chi connectivity index (χ4v) is 2.15. The van der Waals surface area contributed by atoms with Gasteiger partial charge in [0.1, 0.15) is 0 Å². The second-order valence-corrected chi connectivity index (χ2v) is 4.25. The Balaban J connectivity index is 2.30. The molecule has 0 bridgehead atoms. The van der Waals surface area contributed by atoms with Crippen LogP contribution in [0.4, 0.5) is 0 Å². The zero-order valence-electron chi connectivity index (χ0n) is 10.2. The summed E-state index contributed by atoms with van der Waals surface area (Å²) in [6.07, 6.45) is 1.81. The number of carbonyl (C=O) groups excluding carboxylic acids is 1. The number of hydrogen-bond acceptors (Lipinski definition) is 3. The Morgan fingerprint density at radius 1 is 1.22 bits per heavy atom. The smallest absolute Gasteiger partial charge is 0.337 e. The van der Waals surface area contributed by atoms with E-state index in [0.717, 1.165) is 27.5 Å². The average Bonchev–Trinajstić information content (AvgIpc) is 2.74. The molecule has 2 aromatic heterocycles. The van der Waals surface area contributed by atoms with Gasteiger partial charge in [-0.3, -0.25) is 4.98 Å². The summed E-state index contributed by atoms with van der Waals surface area (Å²) < 4.78 is 4.71. The first-order chi connectivity index (χ1) is 8.69. The fourth-order valence-electron chi connectivity index (χ4n) is 2.15. The summed E-state index contributed by atoms with van der Waals surface area (Å²) in [5.41, 5.74) is 3.40. The Morgan fingerprint density at radius 2 is 2.06 bits per heavy atom. The Bertz CT molecular complexity index is 759. The molecule has 0 unspecified atom stereocenters. The number of aryl methyl sites for hydroxylation is 1. The summed E-state index contributed by atoms with van der Waals surface area (Å²) in [7, 11) is 1.38. The van der Waals surface area contributed by atoms with E-state index in [1.807, 2.05) is 25.3 Å². The zero-order chi connectivity index (χ0) is 12.7. The molecule has 0 aliphatic heterocycles. The molecule has 90 valence electrons. The molecule has 2 heterocycles. The number of nitrogens with zero attached hydrogens (tertiary/aromatic N) is 1. The molecule has 18 heavy (non-hydrogen) atoms. The molecule has 4 heteroatoms. The number of ether oxygens (including phenoxy) is 1. The summed E-state index contributed by atoms with van der Waals surface area (Å²) in [6, 6.07) is 7.54. The first-order valence-electron chi connectivity index (χ1n) is 5.65. The lowest BCUT2D eigenvalue weighted by Crippen LogP contribution is -2.00. The Labute approximate surface area is 104 Å². The van der Waals surface area contributed by atoms with E-state index in [4.69, 9.17) is 4.74 Å². The largest absolute Gasteiger partial charge is 0.465 e. The number of methoxy groups -OCH3 is 1. The van der Waals surface area contributed by atoms with Crippen LogP contribution in [0.1, 0.15) is 16.1 Å². The van der Waals surface area contributed by atoms with Crippen molar-refractivity contribution in [2.75, 3.05) is 7.11 Å². The molecule has 4 nitrogen and oxygen atoms in total. The van der Waals surface area contributed by atoms with E-state index in [-0.39, 0.29) is 5.97 Å². The number of hydrogen-bond donors (Lipinski definition) is 1. The molecule has 1 N–H and O–H groups in total. The number of benzene rings is 1. The van der Waals surface area contributed by atoms with E-state index in [9.17, 15) is 4.79 Å². The number of carbonyl (C=O) groups is 1. The van der Waals surface area contributed by atoms with Crippen LogP contribution in [0.2, 0.25) is 0 Å². The number of H-pyrrole nitrogens is 1. The van der Waals surface area contributed by atoms with E-state index >= 15 is 0 Å². The number of fused-ring (bicyclic) bond motifs is 3. The molecule has 0 saturated carbocycles. The molecule has 0 aliphatic carbocycles. The van der Waals surface area contributed by atoms with Crippen molar-refractivity contribution in [3.8, 4) is 0 Å². The second-order valence-electron chi connectivity index (χ2n) is 4.25. The second kappa shape index (κ2) is 3.84. The first-order valence-corrected chi connectivity index (χ1v) is 5.65. The molecule has 3 aromatic rings. The van der Waals surface area contributed by atoms with Crippen molar-refractivity contribution in [2.24, 2.45) is 0 Å². The number of aromatic amines is 1. The highest BCUT2D eigenvalue weighted by molar-refractivity contribution is 6.08. The summed E-state index contributed by atoms with van der Waals surface area (Å²) in [5, 5.41) is 2.21. The molecule has 0 spiro atoms. The Morgan fingerprint density at radius 3 is 2.83 bits per heavy atom. The maximum absolute atomic E-state index is 11.5. The summed E-state index contributed by atoms with van der Waals surface area (Å²) in [5.74, 6) is -0.329. The van der Waals surface area contributed by atoms with Crippen LogP contribution in [0.3, 0.4) is 0 Å². The highest BCUT2D eigenvalue weighted by atomic mass is 16.5. The normalized spacial score (nSPS) is 11.0. The van der Waals surface area contributed by atoms with Crippen LogP contribution in [-0.2, 0) is 4.74 Å². The van der Waals surface area contributed by atoms with E-state index in [2.05, 4.69) is 9.97 Å².